The van der Waals surface area contributed by atoms with Crippen molar-refractivity contribution in [2.24, 2.45) is 0 Å². The highest BCUT2D eigenvalue weighted by Gasteiger charge is 2.19. The molecule has 0 bridgehead atoms. The van der Waals surface area contributed by atoms with Gasteiger partial charge in [-0.15, -0.1) is 0 Å². The summed E-state index contributed by atoms with van der Waals surface area (Å²) < 4.78 is 28.8. The molecule has 0 amide bonds. The molecule has 0 aliphatic heterocycles. The second kappa shape index (κ2) is 6.08. The summed E-state index contributed by atoms with van der Waals surface area (Å²) >= 11 is 9.71. The standard InChI is InChI=1S/C11H8Br3N3O2S/c1-6-2-8(13)9(3-7(6)12)20(18,19)17-11-5-15-10(14)4-16-11/h2-5H,1H3,(H,16,17). The Hall–Kier alpha value is -0.510. The highest BCUT2D eigenvalue weighted by molar-refractivity contribution is 9.11. The van der Waals surface area contributed by atoms with Gasteiger partial charge in [0.05, 0.1) is 12.4 Å². The van der Waals surface area contributed by atoms with Crippen LogP contribution in [-0.4, -0.2) is 18.4 Å². The molecule has 9 heteroatoms. The van der Waals surface area contributed by atoms with Crippen LogP contribution in [0, 0.1) is 6.92 Å². The molecule has 1 heterocycles. The van der Waals surface area contributed by atoms with E-state index in [1.54, 1.807) is 6.07 Å². The van der Waals surface area contributed by atoms with Crippen molar-refractivity contribution in [2.45, 2.75) is 11.8 Å². The number of anilines is 1. The Morgan fingerprint density at radius 3 is 2.35 bits per heavy atom. The van der Waals surface area contributed by atoms with E-state index in [4.69, 9.17) is 0 Å². The predicted octanol–water partition coefficient (Wildman–Crippen LogP) is 3.87. The van der Waals surface area contributed by atoms with Crippen molar-refractivity contribution in [2.75, 3.05) is 4.72 Å². The number of aryl methyl sites for hydroxylation is 1. The third-order valence-corrected chi connectivity index (χ3v) is 5.94. The first-order valence-corrected chi connectivity index (χ1v) is 9.12. The molecule has 20 heavy (non-hydrogen) atoms. The molecule has 1 aromatic carbocycles. The Balaban J connectivity index is 2.40. The first-order valence-electron chi connectivity index (χ1n) is 5.25. The molecule has 2 aromatic rings. The van der Waals surface area contributed by atoms with Gasteiger partial charge < -0.3 is 0 Å². The molecule has 0 radical (unpaired) electrons. The second-order valence-electron chi connectivity index (χ2n) is 3.86. The lowest BCUT2D eigenvalue weighted by molar-refractivity contribution is 0.600. The molecule has 0 fully saturated rings. The summed E-state index contributed by atoms with van der Waals surface area (Å²) in [6.45, 7) is 1.87. The van der Waals surface area contributed by atoms with E-state index < -0.39 is 10.0 Å². The molecule has 5 nitrogen and oxygen atoms in total. The molecule has 0 saturated heterocycles. The van der Waals surface area contributed by atoms with Gasteiger partial charge >= 0.3 is 0 Å². The van der Waals surface area contributed by atoms with Crippen LogP contribution in [0.1, 0.15) is 5.56 Å². The monoisotopic (exact) mass is 483 g/mol. The van der Waals surface area contributed by atoms with E-state index in [0.29, 0.717) is 13.5 Å². The van der Waals surface area contributed by atoms with Crippen molar-refractivity contribution in [3.63, 3.8) is 0 Å². The Kier molecular flexibility index (Phi) is 4.83. The maximum Gasteiger partial charge on any atom is 0.264 e. The lowest BCUT2D eigenvalue weighted by Crippen LogP contribution is -2.15. The number of rotatable bonds is 3. The maximum atomic E-state index is 12.3. The zero-order valence-corrected chi connectivity index (χ0v) is 15.6. The molecule has 0 atom stereocenters. The van der Waals surface area contributed by atoms with Crippen molar-refractivity contribution in [3.05, 3.63) is 43.6 Å². The summed E-state index contributed by atoms with van der Waals surface area (Å²) in [5, 5.41) is 0. The molecule has 106 valence electrons. The highest BCUT2D eigenvalue weighted by Crippen LogP contribution is 2.29. The number of sulfonamides is 1. The van der Waals surface area contributed by atoms with Crippen LogP contribution in [0.2, 0.25) is 0 Å². The molecule has 0 unspecified atom stereocenters. The molecule has 2 rings (SSSR count). The van der Waals surface area contributed by atoms with E-state index >= 15 is 0 Å². The topological polar surface area (TPSA) is 72.0 Å². The summed E-state index contributed by atoms with van der Waals surface area (Å²) in [5.41, 5.74) is 0.930. The van der Waals surface area contributed by atoms with Gasteiger partial charge in [0.25, 0.3) is 10.0 Å². The average molecular weight is 486 g/mol. The number of nitrogens with zero attached hydrogens (tertiary/aromatic N) is 2. The van der Waals surface area contributed by atoms with Gasteiger partial charge in [-0.3, -0.25) is 4.72 Å². The SMILES string of the molecule is Cc1cc(Br)c(S(=O)(=O)Nc2cnc(Br)cn2)cc1Br. The van der Waals surface area contributed by atoms with Crippen LogP contribution >= 0.6 is 47.8 Å². The molecule has 0 aliphatic rings. The predicted molar refractivity (Wildman–Crippen MR) is 87.1 cm³/mol. The summed E-state index contributed by atoms with van der Waals surface area (Å²) in [7, 11) is -3.74. The van der Waals surface area contributed by atoms with Crippen molar-refractivity contribution in [1.82, 2.24) is 9.97 Å². The van der Waals surface area contributed by atoms with E-state index in [1.807, 2.05) is 6.92 Å². The molecule has 1 aromatic heterocycles. The minimum absolute atomic E-state index is 0.125. The Bertz CT molecular complexity index is 748. The van der Waals surface area contributed by atoms with Crippen LogP contribution in [0.3, 0.4) is 0 Å². The van der Waals surface area contributed by atoms with Gasteiger partial charge in [-0.2, -0.15) is 0 Å². The van der Waals surface area contributed by atoms with Crippen LogP contribution < -0.4 is 4.72 Å². The number of hydrogen-bond acceptors (Lipinski definition) is 4. The first kappa shape index (κ1) is 15.9. The third-order valence-electron chi connectivity index (χ3n) is 2.36. The molecule has 1 N–H and O–H groups in total. The van der Waals surface area contributed by atoms with Crippen LogP contribution in [-0.2, 0) is 10.0 Å². The summed E-state index contributed by atoms with van der Waals surface area (Å²) in [6, 6.07) is 3.26. The fourth-order valence-electron chi connectivity index (χ4n) is 1.39. The molecular weight excluding hydrogens is 478 g/mol. The van der Waals surface area contributed by atoms with Crippen LogP contribution in [0.4, 0.5) is 5.82 Å². The molecule has 0 aliphatic carbocycles. The Labute approximate surface area is 141 Å². The number of aromatic nitrogens is 2. The fourth-order valence-corrected chi connectivity index (χ4v) is 4.27. The largest absolute Gasteiger partial charge is 0.264 e. The Morgan fingerprint density at radius 2 is 1.75 bits per heavy atom. The summed E-state index contributed by atoms with van der Waals surface area (Å²) in [5.74, 6) is 0.150. The quantitative estimate of drug-likeness (QED) is 0.716. The zero-order chi connectivity index (χ0) is 14.9. The van der Waals surface area contributed by atoms with Gasteiger partial charge in [0.2, 0.25) is 0 Å². The van der Waals surface area contributed by atoms with Crippen LogP contribution in [0.25, 0.3) is 0 Å². The van der Waals surface area contributed by atoms with Crippen molar-refractivity contribution >= 4 is 63.6 Å². The van der Waals surface area contributed by atoms with E-state index in [2.05, 4.69) is 62.5 Å². The van der Waals surface area contributed by atoms with Gasteiger partial charge in [-0.05, 0) is 56.5 Å². The van der Waals surface area contributed by atoms with E-state index in [1.165, 1.54) is 18.5 Å². The molecule has 0 spiro atoms. The number of hydrogen-bond donors (Lipinski definition) is 1. The van der Waals surface area contributed by atoms with Gasteiger partial charge in [0.15, 0.2) is 5.82 Å². The van der Waals surface area contributed by atoms with Gasteiger partial charge in [-0.25, -0.2) is 18.4 Å². The lowest BCUT2D eigenvalue weighted by atomic mass is 10.2. The summed E-state index contributed by atoms with van der Waals surface area (Å²) in [6.07, 6.45) is 2.75. The minimum atomic E-state index is -3.74. The number of nitrogens with one attached hydrogen (secondary N) is 1. The number of benzene rings is 1. The van der Waals surface area contributed by atoms with E-state index in [9.17, 15) is 8.42 Å². The van der Waals surface area contributed by atoms with Gasteiger partial charge in [0.1, 0.15) is 9.50 Å². The van der Waals surface area contributed by atoms with Gasteiger partial charge in [-0.1, -0.05) is 15.9 Å². The highest BCUT2D eigenvalue weighted by atomic mass is 79.9. The zero-order valence-electron chi connectivity index (χ0n) is 10.1. The second-order valence-corrected chi connectivity index (χ2v) is 8.03. The minimum Gasteiger partial charge on any atom is -0.262 e. The fraction of sp³-hybridized carbons (Fsp3) is 0.0909. The Morgan fingerprint density at radius 1 is 1.05 bits per heavy atom. The first-order chi connectivity index (χ1) is 9.29. The van der Waals surface area contributed by atoms with Crippen molar-refractivity contribution in [1.29, 1.82) is 0 Å². The normalized spacial score (nSPS) is 11.4. The average Bonchev–Trinajstić information content (AvgIpc) is 2.36. The smallest absolute Gasteiger partial charge is 0.262 e. The third kappa shape index (κ3) is 3.57. The van der Waals surface area contributed by atoms with Crippen molar-refractivity contribution < 1.29 is 8.42 Å². The lowest BCUT2D eigenvalue weighted by Gasteiger charge is -2.10. The van der Waals surface area contributed by atoms with Crippen LogP contribution in [0.5, 0.6) is 0 Å². The van der Waals surface area contributed by atoms with Gasteiger partial charge in [0, 0.05) is 8.95 Å². The molecule has 0 saturated carbocycles. The summed E-state index contributed by atoms with van der Waals surface area (Å²) in [4.78, 5) is 7.97. The van der Waals surface area contributed by atoms with E-state index in [-0.39, 0.29) is 10.7 Å². The van der Waals surface area contributed by atoms with Crippen LogP contribution in [0.15, 0.2) is 43.0 Å². The maximum absolute atomic E-state index is 12.3. The molecular formula is C11H8Br3N3O2S. The van der Waals surface area contributed by atoms with Crippen molar-refractivity contribution in [3.8, 4) is 0 Å². The number of halogens is 3. The van der Waals surface area contributed by atoms with E-state index in [0.717, 1.165) is 5.56 Å².